The molecule has 0 spiro atoms. The van der Waals surface area contributed by atoms with Crippen molar-refractivity contribution < 1.29 is 9.15 Å². The normalized spacial score (nSPS) is 14.7. The molecule has 1 N–H and O–H groups in total. The lowest BCUT2D eigenvalue weighted by atomic mass is 10.2. The average molecular weight is 336 g/mol. The van der Waals surface area contributed by atoms with Crippen molar-refractivity contribution in [1.82, 2.24) is 5.32 Å². The zero-order valence-electron chi connectivity index (χ0n) is 11.3. The van der Waals surface area contributed by atoms with Crippen LogP contribution in [0.2, 0.25) is 0 Å². The highest BCUT2D eigenvalue weighted by molar-refractivity contribution is 9.10. The Morgan fingerprint density at radius 1 is 1.15 bits per heavy atom. The Hall–Kier alpha value is -1.10. The molecule has 4 heteroatoms. The number of halogens is 1. The first-order valence-electron chi connectivity index (χ1n) is 6.92. The van der Waals surface area contributed by atoms with E-state index in [1.54, 1.807) is 6.26 Å². The van der Waals surface area contributed by atoms with Crippen LogP contribution in [0.1, 0.15) is 29.7 Å². The minimum absolute atomic E-state index is 0.583. The predicted octanol–water partition coefficient (Wildman–Crippen LogP) is 4.01. The Kier molecular flexibility index (Phi) is 4.55. The number of hydrogen-bond donors (Lipinski definition) is 1. The van der Waals surface area contributed by atoms with Gasteiger partial charge in [0.1, 0.15) is 5.76 Å². The Bertz CT molecular complexity index is 563. The van der Waals surface area contributed by atoms with E-state index in [2.05, 4.69) is 27.3 Å². The summed E-state index contributed by atoms with van der Waals surface area (Å²) < 4.78 is 12.4. The highest BCUT2D eigenvalue weighted by Gasteiger charge is 2.21. The van der Waals surface area contributed by atoms with Crippen LogP contribution in [0.25, 0.3) is 0 Å². The van der Waals surface area contributed by atoms with Crippen molar-refractivity contribution in [1.29, 1.82) is 0 Å². The van der Waals surface area contributed by atoms with E-state index < -0.39 is 0 Å². The van der Waals surface area contributed by atoms with Gasteiger partial charge in [0.05, 0.1) is 26.0 Å². The summed E-state index contributed by atoms with van der Waals surface area (Å²) in [6, 6.07) is 10.8. The van der Waals surface area contributed by atoms with Crippen LogP contribution in [-0.4, -0.2) is 6.04 Å². The second kappa shape index (κ2) is 6.57. The van der Waals surface area contributed by atoms with E-state index in [9.17, 15) is 0 Å². The Morgan fingerprint density at radius 2 is 1.95 bits per heavy atom. The van der Waals surface area contributed by atoms with E-state index in [0.29, 0.717) is 19.3 Å². The standard InChI is InChI=1S/C16H18BrNO2/c17-15-4-2-1-3-12(15)10-19-11-13-7-8-20-16(13)9-18-14-5-6-14/h1-4,7-8,14,18H,5-6,9-11H2. The van der Waals surface area contributed by atoms with Crippen molar-refractivity contribution in [2.75, 3.05) is 0 Å². The monoisotopic (exact) mass is 335 g/mol. The molecule has 3 rings (SSSR count). The third-order valence-electron chi connectivity index (χ3n) is 3.44. The van der Waals surface area contributed by atoms with Gasteiger partial charge >= 0.3 is 0 Å². The number of hydrogen-bond acceptors (Lipinski definition) is 3. The van der Waals surface area contributed by atoms with Crippen molar-refractivity contribution >= 4 is 15.9 Å². The second-order valence-electron chi connectivity index (χ2n) is 5.11. The van der Waals surface area contributed by atoms with E-state index in [1.165, 1.54) is 12.8 Å². The lowest BCUT2D eigenvalue weighted by molar-refractivity contribution is 0.105. The van der Waals surface area contributed by atoms with Crippen LogP contribution in [0.5, 0.6) is 0 Å². The van der Waals surface area contributed by atoms with Crippen LogP contribution in [0.15, 0.2) is 45.5 Å². The summed E-state index contributed by atoms with van der Waals surface area (Å²) in [5.41, 5.74) is 2.29. The van der Waals surface area contributed by atoms with Crippen molar-refractivity contribution in [3.05, 3.63) is 58.0 Å². The molecule has 0 atom stereocenters. The van der Waals surface area contributed by atoms with Gasteiger partial charge in [-0.05, 0) is 30.5 Å². The summed E-state index contributed by atoms with van der Waals surface area (Å²) in [7, 11) is 0. The Balaban J connectivity index is 1.50. The third-order valence-corrected chi connectivity index (χ3v) is 4.21. The molecule has 2 aromatic rings. The van der Waals surface area contributed by atoms with Crippen molar-refractivity contribution in [3.8, 4) is 0 Å². The minimum Gasteiger partial charge on any atom is -0.468 e. The van der Waals surface area contributed by atoms with Crippen LogP contribution in [0.4, 0.5) is 0 Å². The molecule has 0 unspecified atom stereocenters. The third kappa shape index (κ3) is 3.72. The van der Waals surface area contributed by atoms with Crippen LogP contribution < -0.4 is 5.32 Å². The highest BCUT2D eigenvalue weighted by Crippen LogP contribution is 2.21. The molecule has 1 heterocycles. The summed E-state index contributed by atoms with van der Waals surface area (Å²) in [5, 5.41) is 3.46. The van der Waals surface area contributed by atoms with Crippen LogP contribution in [0, 0.1) is 0 Å². The summed E-state index contributed by atoms with van der Waals surface area (Å²) in [6.45, 7) is 1.98. The number of ether oxygens (including phenoxy) is 1. The highest BCUT2D eigenvalue weighted by atomic mass is 79.9. The van der Waals surface area contributed by atoms with Crippen molar-refractivity contribution in [2.45, 2.75) is 38.6 Å². The van der Waals surface area contributed by atoms with Gasteiger partial charge in [0.15, 0.2) is 0 Å². The van der Waals surface area contributed by atoms with Crippen LogP contribution in [-0.2, 0) is 24.5 Å². The number of benzene rings is 1. The minimum atomic E-state index is 0.583. The summed E-state index contributed by atoms with van der Waals surface area (Å²) in [6.07, 6.45) is 4.31. The first-order valence-corrected chi connectivity index (χ1v) is 7.72. The van der Waals surface area contributed by atoms with Crippen molar-refractivity contribution in [3.63, 3.8) is 0 Å². The molecule has 1 aliphatic rings. The molecular weight excluding hydrogens is 318 g/mol. The molecule has 1 fully saturated rings. The molecule has 106 valence electrons. The maximum atomic E-state index is 5.79. The quantitative estimate of drug-likeness (QED) is 0.830. The first-order chi connectivity index (χ1) is 9.83. The lowest BCUT2D eigenvalue weighted by Gasteiger charge is -2.07. The Labute approximate surface area is 127 Å². The maximum absolute atomic E-state index is 5.79. The molecule has 1 aromatic carbocycles. The summed E-state index contributed by atoms with van der Waals surface area (Å²) >= 11 is 3.53. The van der Waals surface area contributed by atoms with Crippen LogP contribution in [0.3, 0.4) is 0 Å². The fourth-order valence-electron chi connectivity index (χ4n) is 2.06. The number of rotatable bonds is 7. The smallest absolute Gasteiger partial charge is 0.123 e. The largest absolute Gasteiger partial charge is 0.468 e. The molecule has 3 nitrogen and oxygen atoms in total. The van der Waals surface area contributed by atoms with Gasteiger partial charge in [-0.15, -0.1) is 0 Å². The molecule has 0 saturated heterocycles. The molecule has 0 radical (unpaired) electrons. The van der Waals surface area contributed by atoms with E-state index in [1.807, 2.05) is 24.3 Å². The van der Waals surface area contributed by atoms with E-state index in [4.69, 9.17) is 9.15 Å². The molecular formula is C16H18BrNO2. The van der Waals surface area contributed by atoms with Gasteiger partial charge in [-0.2, -0.15) is 0 Å². The van der Waals surface area contributed by atoms with Gasteiger partial charge in [-0.25, -0.2) is 0 Å². The number of furan rings is 1. The second-order valence-corrected chi connectivity index (χ2v) is 5.96. The van der Waals surface area contributed by atoms with Crippen LogP contribution >= 0.6 is 15.9 Å². The molecule has 0 aliphatic heterocycles. The zero-order chi connectivity index (χ0) is 13.8. The topological polar surface area (TPSA) is 34.4 Å². The lowest BCUT2D eigenvalue weighted by Crippen LogP contribution is -2.15. The number of nitrogens with one attached hydrogen (secondary N) is 1. The fourth-order valence-corrected chi connectivity index (χ4v) is 2.46. The van der Waals surface area contributed by atoms with E-state index in [0.717, 1.165) is 27.9 Å². The zero-order valence-corrected chi connectivity index (χ0v) is 12.9. The molecule has 1 aliphatic carbocycles. The van der Waals surface area contributed by atoms with Gasteiger partial charge in [-0.3, -0.25) is 0 Å². The molecule has 1 saturated carbocycles. The maximum Gasteiger partial charge on any atom is 0.123 e. The summed E-state index contributed by atoms with van der Waals surface area (Å²) in [5.74, 6) is 0.990. The van der Waals surface area contributed by atoms with Gasteiger partial charge < -0.3 is 14.5 Å². The van der Waals surface area contributed by atoms with E-state index >= 15 is 0 Å². The SMILES string of the molecule is Brc1ccccc1COCc1ccoc1CNC1CC1. The molecule has 0 amide bonds. The van der Waals surface area contributed by atoms with E-state index in [-0.39, 0.29) is 0 Å². The van der Waals surface area contributed by atoms with Gasteiger partial charge in [0.2, 0.25) is 0 Å². The van der Waals surface area contributed by atoms with Gasteiger partial charge in [-0.1, -0.05) is 34.1 Å². The van der Waals surface area contributed by atoms with Crippen molar-refractivity contribution in [2.24, 2.45) is 0 Å². The molecule has 0 bridgehead atoms. The average Bonchev–Trinajstić information content (AvgIpc) is 3.18. The molecule has 1 aromatic heterocycles. The fraction of sp³-hybridized carbons (Fsp3) is 0.375. The Morgan fingerprint density at radius 3 is 2.75 bits per heavy atom. The first kappa shape index (κ1) is 13.9. The van der Waals surface area contributed by atoms with Gasteiger partial charge in [0, 0.05) is 16.1 Å². The summed E-state index contributed by atoms with van der Waals surface area (Å²) in [4.78, 5) is 0. The van der Waals surface area contributed by atoms with Gasteiger partial charge in [0.25, 0.3) is 0 Å². The predicted molar refractivity (Wildman–Crippen MR) is 81.2 cm³/mol. The molecule has 20 heavy (non-hydrogen) atoms.